The van der Waals surface area contributed by atoms with Crippen molar-refractivity contribution in [3.8, 4) is 17.3 Å². The zero-order chi connectivity index (χ0) is 21.9. The van der Waals surface area contributed by atoms with Crippen LogP contribution in [0.15, 0.2) is 65.7 Å². The second-order valence-corrected chi connectivity index (χ2v) is 8.20. The van der Waals surface area contributed by atoms with Gasteiger partial charge in [-0.05, 0) is 50.3 Å². The Bertz CT molecular complexity index is 1190. The predicted molar refractivity (Wildman–Crippen MR) is 118 cm³/mol. The number of benzene rings is 1. The van der Waals surface area contributed by atoms with Crippen LogP contribution in [0.3, 0.4) is 0 Å². The van der Waals surface area contributed by atoms with Crippen molar-refractivity contribution >= 4 is 5.91 Å². The fraction of sp³-hybridized carbons (Fsp3) is 0.292. The number of carbonyl (C=O) groups is 1. The Morgan fingerprint density at radius 3 is 2.78 bits per heavy atom. The van der Waals surface area contributed by atoms with Crippen molar-refractivity contribution in [2.45, 2.75) is 44.6 Å². The summed E-state index contributed by atoms with van der Waals surface area (Å²) in [6, 6.07) is 14.0. The summed E-state index contributed by atoms with van der Waals surface area (Å²) in [6.07, 6.45) is 8.97. The Labute approximate surface area is 185 Å². The van der Waals surface area contributed by atoms with Crippen molar-refractivity contribution < 1.29 is 9.32 Å². The molecule has 1 aromatic carbocycles. The number of rotatable bonds is 8. The summed E-state index contributed by atoms with van der Waals surface area (Å²) in [5.41, 5.74) is 2.38. The lowest BCUT2D eigenvalue weighted by Crippen LogP contribution is -2.33. The molecule has 1 saturated carbocycles. The minimum absolute atomic E-state index is 0.0419. The van der Waals surface area contributed by atoms with E-state index < -0.39 is 0 Å². The van der Waals surface area contributed by atoms with Gasteiger partial charge in [0.25, 0.3) is 11.8 Å². The first-order valence-electron chi connectivity index (χ1n) is 10.8. The molecule has 0 aliphatic heterocycles. The molecule has 0 radical (unpaired) electrons. The number of carbonyl (C=O) groups excluding carboxylic acids is 1. The van der Waals surface area contributed by atoms with E-state index in [1.54, 1.807) is 23.3 Å². The number of hydrogen-bond donors (Lipinski definition) is 1. The fourth-order valence-corrected chi connectivity index (χ4v) is 3.49. The van der Waals surface area contributed by atoms with Gasteiger partial charge in [-0.25, -0.2) is 9.97 Å². The lowest BCUT2D eigenvalue weighted by molar-refractivity contribution is 0.0934. The number of pyridine rings is 1. The van der Waals surface area contributed by atoms with Gasteiger partial charge >= 0.3 is 0 Å². The average molecular weight is 428 g/mol. The van der Waals surface area contributed by atoms with E-state index in [2.05, 4.69) is 37.6 Å². The first kappa shape index (κ1) is 20.1. The molecule has 5 rings (SSSR count). The highest BCUT2D eigenvalue weighted by Gasteiger charge is 2.29. The molecule has 0 bridgehead atoms. The first-order chi connectivity index (χ1) is 15.7. The van der Waals surface area contributed by atoms with E-state index in [1.807, 2.05) is 37.3 Å². The second kappa shape index (κ2) is 8.74. The van der Waals surface area contributed by atoms with Crippen LogP contribution in [0, 0.1) is 0 Å². The average Bonchev–Trinajstić information content (AvgIpc) is 3.34. The minimum Gasteiger partial charge on any atom is -0.348 e. The van der Waals surface area contributed by atoms with Gasteiger partial charge in [0.15, 0.2) is 5.82 Å². The van der Waals surface area contributed by atoms with E-state index in [9.17, 15) is 4.79 Å². The number of nitrogens with zero attached hydrogens (tertiary/aromatic N) is 5. The molecule has 162 valence electrons. The highest BCUT2D eigenvalue weighted by atomic mass is 16.5. The van der Waals surface area contributed by atoms with E-state index >= 15 is 0 Å². The Hall–Kier alpha value is -3.81. The molecule has 3 heterocycles. The highest BCUT2D eigenvalue weighted by Crippen LogP contribution is 2.38. The van der Waals surface area contributed by atoms with Crippen LogP contribution >= 0.6 is 0 Å². The van der Waals surface area contributed by atoms with E-state index in [4.69, 9.17) is 4.52 Å². The lowest BCUT2D eigenvalue weighted by Gasteiger charge is -2.12. The van der Waals surface area contributed by atoms with Crippen molar-refractivity contribution in [1.82, 2.24) is 30.0 Å². The first-order valence-corrected chi connectivity index (χ1v) is 10.8. The third-order valence-electron chi connectivity index (χ3n) is 5.55. The van der Waals surface area contributed by atoms with Crippen molar-refractivity contribution in [3.63, 3.8) is 0 Å². The van der Waals surface area contributed by atoms with Crippen molar-refractivity contribution in [2.75, 3.05) is 0 Å². The molecule has 1 amide bonds. The summed E-state index contributed by atoms with van der Waals surface area (Å²) >= 11 is 0. The largest absolute Gasteiger partial charge is 0.348 e. The summed E-state index contributed by atoms with van der Waals surface area (Å²) in [7, 11) is 0. The highest BCUT2D eigenvalue weighted by molar-refractivity contribution is 5.92. The van der Waals surface area contributed by atoms with E-state index in [1.165, 1.54) is 5.56 Å². The van der Waals surface area contributed by atoms with Gasteiger partial charge in [-0.1, -0.05) is 35.5 Å². The number of imidazole rings is 1. The topological polar surface area (TPSA) is 98.7 Å². The number of amides is 1. The van der Waals surface area contributed by atoms with E-state index in [0.717, 1.165) is 37.1 Å². The number of aryl methyl sites for hydroxylation is 1. The van der Waals surface area contributed by atoms with Gasteiger partial charge in [-0.3, -0.25) is 9.36 Å². The van der Waals surface area contributed by atoms with Crippen LogP contribution in [-0.2, 0) is 6.42 Å². The van der Waals surface area contributed by atoms with Gasteiger partial charge in [-0.2, -0.15) is 4.98 Å². The standard InChI is InChI=1S/C24H24N6O2/c1-16(7-8-17-5-3-2-4-6-17)27-23(31)20-14-30(15-26-20)21-12-11-19(13-25-21)24-28-22(29-32-24)18-9-10-18/h2-6,11-16,18H,7-10H2,1H3,(H,27,31)/t16-/m1/s1. The van der Waals surface area contributed by atoms with Crippen LogP contribution in [0.25, 0.3) is 17.3 Å². The van der Waals surface area contributed by atoms with Gasteiger partial charge < -0.3 is 9.84 Å². The summed E-state index contributed by atoms with van der Waals surface area (Å²) in [6.45, 7) is 2.00. The fourth-order valence-electron chi connectivity index (χ4n) is 3.49. The maximum absolute atomic E-state index is 12.6. The van der Waals surface area contributed by atoms with Gasteiger partial charge in [0.05, 0.1) is 5.56 Å². The summed E-state index contributed by atoms with van der Waals surface area (Å²) in [5, 5.41) is 7.05. The number of hydrogen-bond acceptors (Lipinski definition) is 6. The Morgan fingerprint density at radius 1 is 1.19 bits per heavy atom. The molecule has 1 atom stereocenters. The molecule has 32 heavy (non-hydrogen) atoms. The summed E-state index contributed by atoms with van der Waals surface area (Å²) in [5.74, 6) is 2.14. The monoisotopic (exact) mass is 428 g/mol. The van der Waals surface area contributed by atoms with Gasteiger partial charge in [-0.15, -0.1) is 0 Å². The van der Waals surface area contributed by atoms with Crippen LogP contribution in [0.1, 0.15) is 54.0 Å². The molecule has 3 aromatic heterocycles. The summed E-state index contributed by atoms with van der Waals surface area (Å²) < 4.78 is 7.06. The van der Waals surface area contributed by atoms with Gasteiger partial charge in [0, 0.05) is 24.4 Å². The SMILES string of the molecule is C[C@H](CCc1ccccc1)NC(=O)c1cn(-c2ccc(-c3nc(C4CC4)no3)cn2)cn1. The number of aromatic nitrogens is 5. The molecular weight excluding hydrogens is 404 g/mol. The van der Waals surface area contributed by atoms with Crippen molar-refractivity contribution in [3.05, 3.63) is 78.3 Å². The Kier molecular flexibility index (Phi) is 5.49. The van der Waals surface area contributed by atoms with Crippen LogP contribution in [0.4, 0.5) is 0 Å². The van der Waals surface area contributed by atoms with E-state index in [-0.39, 0.29) is 11.9 Å². The normalized spacial score (nSPS) is 14.3. The molecule has 1 aliphatic carbocycles. The smallest absolute Gasteiger partial charge is 0.271 e. The molecule has 0 saturated heterocycles. The van der Waals surface area contributed by atoms with Crippen LogP contribution < -0.4 is 5.32 Å². The number of nitrogens with one attached hydrogen (secondary N) is 1. The molecule has 8 nitrogen and oxygen atoms in total. The molecule has 8 heteroatoms. The zero-order valence-corrected chi connectivity index (χ0v) is 17.8. The Morgan fingerprint density at radius 2 is 2.03 bits per heavy atom. The Balaban J connectivity index is 1.19. The molecule has 4 aromatic rings. The summed E-state index contributed by atoms with van der Waals surface area (Å²) in [4.78, 5) is 25.7. The maximum Gasteiger partial charge on any atom is 0.271 e. The zero-order valence-electron chi connectivity index (χ0n) is 17.8. The molecule has 0 unspecified atom stereocenters. The maximum atomic E-state index is 12.6. The molecule has 0 spiro atoms. The molecule has 1 N–H and O–H groups in total. The minimum atomic E-state index is -0.195. The van der Waals surface area contributed by atoms with Crippen molar-refractivity contribution in [1.29, 1.82) is 0 Å². The predicted octanol–water partition coefficient (Wildman–Crippen LogP) is 3.95. The molecule has 1 aliphatic rings. The quantitative estimate of drug-likeness (QED) is 0.456. The van der Waals surface area contributed by atoms with E-state index in [0.29, 0.717) is 23.3 Å². The van der Waals surface area contributed by atoms with Crippen molar-refractivity contribution in [2.24, 2.45) is 0 Å². The third-order valence-corrected chi connectivity index (χ3v) is 5.55. The van der Waals surface area contributed by atoms with Crippen LogP contribution in [0.2, 0.25) is 0 Å². The molecular formula is C24H24N6O2. The second-order valence-electron chi connectivity index (χ2n) is 8.20. The van der Waals surface area contributed by atoms with Gasteiger partial charge in [0.2, 0.25) is 0 Å². The van der Waals surface area contributed by atoms with Crippen LogP contribution in [0.5, 0.6) is 0 Å². The van der Waals surface area contributed by atoms with Crippen LogP contribution in [-0.4, -0.2) is 36.6 Å². The lowest BCUT2D eigenvalue weighted by atomic mass is 10.1. The van der Waals surface area contributed by atoms with Gasteiger partial charge in [0.1, 0.15) is 17.8 Å². The molecule has 1 fully saturated rings. The third kappa shape index (κ3) is 4.59.